The van der Waals surface area contributed by atoms with Crippen LogP contribution in [-0.4, -0.2) is 43.3 Å². The largest absolute Gasteiger partial charge is 0.378 e. The first-order valence-electron chi connectivity index (χ1n) is 6.26. The summed E-state index contributed by atoms with van der Waals surface area (Å²) in [7, 11) is 0. The van der Waals surface area contributed by atoms with E-state index in [1.54, 1.807) is 0 Å². The zero-order chi connectivity index (χ0) is 12.0. The third-order valence-electron chi connectivity index (χ3n) is 3.12. The smallest absolute Gasteiger partial charge is 0.317 e. The number of hydrogen-bond acceptors (Lipinski definition) is 2. The number of rotatable bonds is 4. The van der Waals surface area contributed by atoms with Crippen molar-refractivity contribution in [2.45, 2.75) is 39.7 Å². The van der Waals surface area contributed by atoms with Crippen molar-refractivity contribution in [2.24, 2.45) is 5.92 Å². The SMILES string of the molecule is CCC(C)CC(C)NC(=O)N1CCOCC1. The quantitative estimate of drug-likeness (QED) is 0.798. The van der Waals surface area contributed by atoms with Crippen LogP contribution in [0.2, 0.25) is 0 Å². The lowest BCUT2D eigenvalue weighted by Gasteiger charge is -2.29. The zero-order valence-electron chi connectivity index (χ0n) is 10.7. The molecule has 0 bridgehead atoms. The lowest BCUT2D eigenvalue weighted by atomic mass is 10.0. The molecule has 16 heavy (non-hydrogen) atoms. The van der Waals surface area contributed by atoms with Crippen molar-refractivity contribution in [1.29, 1.82) is 0 Å². The number of nitrogens with one attached hydrogen (secondary N) is 1. The minimum atomic E-state index is 0.0547. The van der Waals surface area contributed by atoms with Gasteiger partial charge in [-0.25, -0.2) is 4.79 Å². The monoisotopic (exact) mass is 228 g/mol. The number of ether oxygens (including phenoxy) is 1. The summed E-state index contributed by atoms with van der Waals surface area (Å²) in [6.07, 6.45) is 2.21. The van der Waals surface area contributed by atoms with Gasteiger partial charge in [-0.15, -0.1) is 0 Å². The Morgan fingerprint density at radius 2 is 2.00 bits per heavy atom. The van der Waals surface area contributed by atoms with Crippen molar-refractivity contribution in [3.63, 3.8) is 0 Å². The average molecular weight is 228 g/mol. The molecule has 0 aromatic rings. The topological polar surface area (TPSA) is 41.6 Å². The van der Waals surface area contributed by atoms with Gasteiger partial charge in [-0.3, -0.25) is 0 Å². The van der Waals surface area contributed by atoms with Crippen LogP contribution in [0.3, 0.4) is 0 Å². The Morgan fingerprint density at radius 3 is 2.56 bits per heavy atom. The Balaban J connectivity index is 2.26. The summed E-state index contributed by atoms with van der Waals surface area (Å²) in [5, 5.41) is 3.05. The molecule has 1 aliphatic rings. The van der Waals surface area contributed by atoms with Gasteiger partial charge in [0.2, 0.25) is 0 Å². The van der Waals surface area contributed by atoms with Crippen LogP contribution in [0.15, 0.2) is 0 Å². The minimum absolute atomic E-state index is 0.0547. The van der Waals surface area contributed by atoms with E-state index in [9.17, 15) is 4.79 Å². The molecule has 1 N–H and O–H groups in total. The molecule has 0 radical (unpaired) electrons. The molecule has 1 rings (SSSR count). The number of urea groups is 1. The summed E-state index contributed by atoms with van der Waals surface area (Å²) < 4.78 is 5.22. The second-order valence-corrected chi connectivity index (χ2v) is 4.70. The van der Waals surface area contributed by atoms with E-state index in [-0.39, 0.29) is 12.1 Å². The number of carbonyl (C=O) groups excluding carboxylic acids is 1. The number of hydrogen-bond donors (Lipinski definition) is 1. The maximum Gasteiger partial charge on any atom is 0.317 e. The Labute approximate surface area is 98.3 Å². The number of morpholine rings is 1. The Hall–Kier alpha value is -0.770. The van der Waals surface area contributed by atoms with E-state index in [1.165, 1.54) is 0 Å². The summed E-state index contributed by atoms with van der Waals surface area (Å²) in [6.45, 7) is 9.22. The molecule has 1 aliphatic heterocycles. The molecule has 0 aliphatic carbocycles. The Morgan fingerprint density at radius 1 is 1.38 bits per heavy atom. The Kier molecular flexibility index (Phi) is 5.60. The molecular formula is C12H24N2O2. The van der Waals surface area contributed by atoms with Gasteiger partial charge in [-0.2, -0.15) is 0 Å². The van der Waals surface area contributed by atoms with Crippen LogP contribution in [0.1, 0.15) is 33.6 Å². The second-order valence-electron chi connectivity index (χ2n) is 4.70. The lowest BCUT2D eigenvalue weighted by molar-refractivity contribution is 0.0524. The third-order valence-corrected chi connectivity index (χ3v) is 3.12. The van der Waals surface area contributed by atoms with Crippen molar-refractivity contribution >= 4 is 6.03 Å². The van der Waals surface area contributed by atoms with Gasteiger partial charge >= 0.3 is 6.03 Å². The van der Waals surface area contributed by atoms with Gasteiger partial charge in [0.25, 0.3) is 0 Å². The zero-order valence-corrected chi connectivity index (χ0v) is 10.7. The molecule has 1 fully saturated rings. The molecule has 4 nitrogen and oxygen atoms in total. The van der Waals surface area contributed by atoms with Gasteiger partial charge in [-0.05, 0) is 19.3 Å². The molecule has 1 saturated heterocycles. The van der Waals surface area contributed by atoms with Crippen molar-refractivity contribution < 1.29 is 9.53 Å². The lowest BCUT2D eigenvalue weighted by Crippen LogP contribution is -2.48. The molecule has 94 valence electrons. The van der Waals surface area contributed by atoms with Crippen LogP contribution in [-0.2, 0) is 4.74 Å². The normalized spacial score (nSPS) is 20.3. The molecule has 1 heterocycles. The highest BCUT2D eigenvalue weighted by molar-refractivity contribution is 5.74. The van der Waals surface area contributed by atoms with Gasteiger partial charge in [0.1, 0.15) is 0 Å². The van der Waals surface area contributed by atoms with Crippen LogP contribution in [0, 0.1) is 5.92 Å². The molecule has 0 aromatic heterocycles. The van der Waals surface area contributed by atoms with E-state index >= 15 is 0 Å². The van der Waals surface area contributed by atoms with Crippen molar-refractivity contribution in [2.75, 3.05) is 26.3 Å². The highest BCUT2D eigenvalue weighted by atomic mass is 16.5. The first kappa shape index (κ1) is 13.3. The van der Waals surface area contributed by atoms with Crippen LogP contribution in [0.5, 0.6) is 0 Å². The summed E-state index contributed by atoms with van der Waals surface area (Å²) in [6, 6.07) is 0.310. The fraction of sp³-hybridized carbons (Fsp3) is 0.917. The summed E-state index contributed by atoms with van der Waals surface area (Å²) in [4.78, 5) is 13.7. The highest BCUT2D eigenvalue weighted by Crippen LogP contribution is 2.09. The van der Waals surface area contributed by atoms with Gasteiger partial charge < -0.3 is 15.0 Å². The maximum atomic E-state index is 11.8. The van der Waals surface area contributed by atoms with Gasteiger partial charge in [-0.1, -0.05) is 20.3 Å². The van der Waals surface area contributed by atoms with E-state index in [1.807, 2.05) is 4.90 Å². The predicted octanol–water partition coefficient (Wildman–Crippen LogP) is 1.85. The van der Waals surface area contributed by atoms with Crippen LogP contribution < -0.4 is 5.32 Å². The van der Waals surface area contributed by atoms with E-state index < -0.39 is 0 Å². The van der Waals surface area contributed by atoms with E-state index in [0.717, 1.165) is 12.8 Å². The molecule has 4 heteroatoms. The fourth-order valence-electron chi connectivity index (χ4n) is 1.90. The molecule has 2 amide bonds. The molecule has 2 atom stereocenters. The number of amides is 2. The highest BCUT2D eigenvalue weighted by Gasteiger charge is 2.18. The predicted molar refractivity (Wildman–Crippen MR) is 64.5 cm³/mol. The first-order chi connectivity index (χ1) is 7.63. The molecule has 0 aromatic carbocycles. The van der Waals surface area contributed by atoms with E-state index in [2.05, 4.69) is 26.1 Å². The molecule has 0 saturated carbocycles. The summed E-state index contributed by atoms with van der Waals surface area (Å²) in [5.74, 6) is 0.667. The fourth-order valence-corrected chi connectivity index (χ4v) is 1.90. The number of nitrogens with zero attached hydrogens (tertiary/aromatic N) is 1. The van der Waals surface area contributed by atoms with Crippen LogP contribution in [0.4, 0.5) is 4.79 Å². The molecule has 2 unspecified atom stereocenters. The maximum absolute atomic E-state index is 11.8. The second kappa shape index (κ2) is 6.74. The standard InChI is InChI=1S/C12H24N2O2/c1-4-10(2)9-11(3)13-12(15)14-5-7-16-8-6-14/h10-11H,4-9H2,1-3H3,(H,13,15). The third kappa shape index (κ3) is 4.39. The van der Waals surface area contributed by atoms with E-state index in [4.69, 9.17) is 4.74 Å². The average Bonchev–Trinajstić information content (AvgIpc) is 2.29. The van der Waals surface area contributed by atoms with Gasteiger partial charge in [0, 0.05) is 19.1 Å². The van der Waals surface area contributed by atoms with Crippen molar-refractivity contribution in [3.05, 3.63) is 0 Å². The molecule has 0 spiro atoms. The summed E-state index contributed by atoms with van der Waals surface area (Å²) in [5.41, 5.74) is 0. The van der Waals surface area contributed by atoms with Gasteiger partial charge in [0.15, 0.2) is 0 Å². The number of carbonyl (C=O) groups is 1. The van der Waals surface area contributed by atoms with Crippen molar-refractivity contribution in [1.82, 2.24) is 10.2 Å². The van der Waals surface area contributed by atoms with Crippen LogP contribution >= 0.6 is 0 Å². The minimum Gasteiger partial charge on any atom is -0.378 e. The first-order valence-corrected chi connectivity index (χ1v) is 6.26. The summed E-state index contributed by atoms with van der Waals surface area (Å²) >= 11 is 0. The molecular weight excluding hydrogens is 204 g/mol. The van der Waals surface area contributed by atoms with Gasteiger partial charge in [0.05, 0.1) is 13.2 Å². The van der Waals surface area contributed by atoms with E-state index in [0.29, 0.717) is 32.2 Å². The van der Waals surface area contributed by atoms with Crippen LogP contribution in [0.25, 0.3) is 0 Å². The Bertz CT molecular complexity index is 215. The van der Waals surface area contributed by atoms with Crippen molar-refractivity contribution in [3.8, 4) is 0 Å².